The van der Waals surface area contributed by atoms with Crippen molar-refractivity contribution in [3.8, 4) is 11.4 Å². The summed E-state index contributed by atoms with van der Waals surface area (Å²) in [5, 5.41) is 7.84. The number of hydrogen-bond donors (Lipinski definition) is 1. The Hall–Kier alpha value is -2.61. The Morgan fingerprint density at radius 1 is 1.30 bits per heavy atom. The van der Waals surface area contributed by atoms with Crippen molar-refractivity contribution in [2.75, 3.05) is 0 Å². The summed E-state index contributed by atoms with van der Waals surface area (Å²) in [6.45, 7) is 7.53. The van der Waals surface area contributed by atoms with Gasteiger partial charge < -0.3 is 9.84 Å². The number of nitrogens with zero attached hydrogens (tertiary/aromatic N) is 3. The van der Waals surface area contributed by atoms with Gasteiger partial charge in [0.25, 0.3) is 5.91 Å². The molecule has 3 aromatic rings. The van der Waals surface area contributed by atoms with Crippen LogP contribution in [0.15, 0.2) is 22.9 Å². The predicted molar refractivity (Wildman–Crippen MR) is 101 cm³/mol. The standard InChI is InChI=1S/C19H21FN4O2S/c1-10(2)22-19(25)18-11(3)23-16(27-18)8-6-14-12(4)26-24-17(14)15-7-5-13(20)9-21-15/h5,7,9-10H,6,8H2,1-4H3,(H,22,25). The van der Waals surface area contributed by atoms with Gasteiger partial charge in [0.15, 0.2) is 0 Å². The maximum atomic E-state index is 13.1. The summed E-state index contributed by atoms with van der Waals surface area (Å²) in [5.41, 5.74) is 2.82. The maximum absolute atomic E-state index is 13.1. The molecule has 0 aliphatic heterocycles. The van der Waals surface area contributed by atoms with Gasteiger partial charge in [-0.1, -0.05) is 5.16 Å². The quantitative estimate of drug-likeness (QED) is 0.693. The van der Waals surface area contributed by atoms with Crippen molar-refractivity contribution in [2.24, 2.45) is 0 Å². The van der Waals surface area contributed by atoms with E-state index in [-0.39, 0.29) is 11.9 Å². The molecule has 0 saturated heterocycles. The first-order chi connectivity index (χ1) is 12.8. The first-order valence-corrected chi connectivity index (χ1v) is 9.51. The van der Waals surface area contributed by atoms with Gasteiger partial charge in [0.2, 0.25) is 0 Å². The van der Waals surface area contributed by atoms with E-state index in [4.69, 9.17) is 4.52 Å². The molecule has 0 spiro atoms. The van der Waals surface area contributed by atoms with Crippen LogP contribution in [0.5, 0.6) is 0 Å². The first kappa shape index (κ1) is 19.2. The van der Waals surface area contributed by atoms with Gasteiger partial charge >= 0.3 is 0 Å². The second-order valence-electron chi connectivity index (χ2n) is 6.58. The second kappa shape index (κ2) is 7.96. The van der Waals surface area contributed by atoms with E-state index in [0.717, 1.165) is 22.5 Å². The lowest BCUT2D eigenvalue weighted by molar-refractivity contribution is 0.0946. The second-order valence-corrected chi connectivity index (χ2v) is 7.66. The minimum absolute atomic E-state index is 0.0767. The molecule has 6 nitrogen and oxygen atoms in total. The monoisotopic (exact) mass is 388 g/mol. The molecular weight excluding hydrogens is 367 g/mol. The maximum Gasteiger partial charge on any atom is 0.263 e. The van der Waals surface area contributed by atoms with Crippen LogP contribution >= 0.6 is 11.3 Å². The zero-order chi connectivity index (χ0) is 19.6. The molecule has 0 bridgehead atoms. The Bertz CT molecular complexity index is 947. The lowest BCUT2D eigenvalue weighted by atomic mass is 10.1. The van der Waals surface area contributed by atoms with Crippen molar-refractivity contribution >= 4 is 17.2 Å². The van der Waals surface area contributed by atoms with Crippen LogP contribution < -0.4 is 5.32 Å². The van der Waals surface area contributed by atoms with Crippen molar-refractivity contribution in [2.45, 2.75) is 46.6 Å². The number of rotatable bonds is 6. The summed E-state index contributed by atoms with van der Waals surface area (Å²) in [5.74, 6) is 0.205. The Labute approximate surface area is 160 Å². The van der Waals surface area contributed by atoms with Crippen LogP contribution in [0.2, 0.25) is 0 Å². The molecule has 3 rings (SSSR count). The average Bonchev–Trinajstić information content (AvgIpc) is 3.16. The number of aromatic nitrogens is 3. The van der Waals surface area contributed by atoms with E-state index in [9.17, 15) is 9.18 Å². The number of amides is 1. The fourth-order valence-electron chi connectivity index (χ4n) is 2.73. The zero-order valence-electron chi connectivity index (χ0n) is 15.7. The van der Waals surface area contributed by atoms with Gasteiger partial charge in [0.1, 0.15) is 22.1 Å². The highest BCUT2D eigenvalue weighted by Crippen LogP contribution is 2.26. The van der Waals surface area contributed by atoms with Gasteiger partial charge in [-0.05, 0) is 46.2 Å². The number of halogens is 1. The lowest BCUT2D eigenvalue weighted by Gasteiger charge is -2.06. The average molecular weight is 388 g/mol. The van der Waals surface area contributed by atoms with Crippen molar-refractivity contribution < 1.29 is 13.7 Å². The molecule has 1 amide bonds. The number of nitrogens with one attached hydrogen (secondary N) is 1. The molecule has 8 heteroatoms. The van der Waals surface area contributed by atoms with E-state index < -0.39 is 5.82 Å². The third-order valence-electron chi connectivity index (χ3n) is 4.01. The fraction of sp³-hybridized carbons (Fsp3) is 0.368. The number of thiazole rings is 1. The molecule has 0 aliphatic rings. The third-order valence-corrected chi connectivity index (χ3v) is 5.23. The van der Waals surface area contributed by atoms with Crippen molar-refractivity contribution in [3.63, 3.8) is 0 Å². The molecule has 3 heterocycles. The van der Waals surface area contributed by atoms with Crippen LogP contribution in [-0.2, 0) is 12.8 Å². The highest BCUT2D eigenvalue weighted by Gasteiger charge is 2.19. The molecule has 0 atom stereocenters. The molecule has 0 saturated carbocycles. The summed E-state index contributed by atoms with van der Waals surface area (Å²) in [6, 6.07) is 3.01. The van der Waals surface area contributed by atoms with Gasteiger partial charge in [-0.3, -0.25) is 9.78 Å². The molecule has 0 unspecified atom stereocenters. The fourth-order valence-corrected chi connectivity index (χ4v) is 3.70. The van der Waals surface area contributed by atoms with E-state index in [1.807, 2.05) is 27.7 Å². The first-order valence-electron chi connectivity index (χ1n) is 8.69. The predicted octanol–water partition coefficient (Wildman–Crippen LogP) is 3.87. The number of carbonyl (C=O) groups is 1. The number of pyridine rings is 1. The minimum atomic E-state index is -0.397. The van der Waals surface area contributed by atoms with Crippen LogP contribution in [0.1, 0.15) is 45.5 Å². The highest BCUT2D eigenvalue weighted by molar-refractivity contribution is 7.13. The minimum Gasteiger partial charge on any atom is -0.361 e. The van der Waals surface area contributed by atoms with Gasteiger partial charge in [-0.2, -0.15) is 0 Å². The normalized spacial score (nSPS) is 11.2. The van der Waals surface area contributed by atoms with E-state index in [1.165, 1.54) is 17.4 Å². The molecule has 27 heavy (non-hydrogen) atoms. The Balaban J connectivity index is 1.77. The van der Waals surface area contributed by atoms with Crippen molar-refractivity contribution in [1.29, 1.82) is 0 Å². The van der Waals surface area contributed by atoms with Crippen LogP contribution in [0, 0.1) is 19.7 Å². The van der Waals surface area contributed by atoms with E-state index >= 15 is 0 Å². The Morgan fingerprint density at radius 3 is 2.74 bits per heavy atom. The highest BCUT2D eigenvalue weighted by atomic mass is 32.1. The number of carbonyl (C=O) groups excluding carboxylic acids is 1. The zero-order valence-corrected chi connectivity index (χ0v) is 16.5. The molecule has 0 fully saturated rings. The van der Waals surface area contributed by atoms with Gasteiger partial charge in [0.05, 0.1) is 22.6 Å². The lowest BCUT2D eigenvalue weighted by Crippen LogP contribution is -2.29. The van der Waals surface area contributed by atoms with E-state index in [0.29, 0.717) is 34.9 Å². The van der Waals surface area contributed by atoms with E-state index in [2.05, 4.69) is 20.4 Å². The Kier molecular flexibility index (Phi) is 5.65. The van der Waals surface area contributed by atoms with Gasteiger partial charge in [0, 0.05) is 18.0 Å². The third kappa shape index (κ3) is 4.39. The molecule has 0 radical (unpaired) electrons. The van der Waals surface area contributed by atoms with Gasteiger partial charge in [-0.25, -0.2) is 9.37 Å². The summed E-state index contributed by atoms with van der Waals surface area (Å²) in [6.07, 6.45) is 2.45. The summed E-state index contributed by atoms with van der Waals surface area (Å²) in [4.78, 5) is 21.5. The summed E-state index contributed by atoms with van der Waals surface area (Å²) >= 11 is 1.40. The molecule has 0 aliphatic carbocycles. The van der Waals surface area contributed by atoms with Crippen LogP contribution in [0.4, 0.5) is 4.39 Å². The van der Waals surface area contributed by atoms with Crippen LogP contribution in [-0.4, -0.2) is 27.1 Å². The molecule has 142 valence electrons. The summed E-state index contributed by atoms with van der Waals surface area (Å²) in [7, 11) is 0. The SMILES string of the molecule is Cc1nc(CCc2c(-c3ccc(F)cn3)noc2C)sc1C(=O)NC(C)C. The number of aryl methyl sites for hydroxylation is 3. The Morgan fingerprint density at radius 2 is 2.07 bits per heavy atom. The summed E-state index contributed by atoms with van der Waals surface area (Å²) < 4.78 is 18.4. The molecular formula is C19H21FN4O2S. The van der Waals surface area contributed by atoms with Crippen molar-refractivity contribution in [3.05, 3.63) is 51.0 Å². The van der Waals surface area contributed by atoms with Crippen LogP contribution in [0.25, 0.3) is 11.4 Å². The van der Waals surface area contributed by atoms with Crippen molar-refractivity contribution in [1.82, 2.24) is 20.4 Å². The molecule has 1 N–H and O–H groups in total. The smallest absolute Gasteiger partial charge is 0.263 e. The van der Waals surface area contributed by atoms with Gasteiger partial charge in [-0.15, -0.1) is 11.3 Å². The molecule has 3 aromatic heterocycles. The molecule has 0 aromatic carbocycles. The van der Waals surface area contributed by atoms with Crippen LogP contribution in [0.3, 0.4) is 0 Å². The van der Waals surface area contributed by atoms with E-state index in [1.54, 1.807) is 6.07 Å². The number of hydrogen-bond acceptors (Lipinski definition) is 6. The topological polar surface area (TPSA) is 80.9 Å². The largest absolute Gasteiger partial charge is 0.361 e.